The monoisotopic (exact) mass is 397 g/mol. The Bertz CT molecular complexity index is 1060. The summed E-state index contributed by atoms with van der Waals surface area (Å²) in [5.74, 6) is -0.342. The van der Waals surface area contributed by atoms with Crippen molar-refractivity contribution < 1.29 is 17.9 Å². The first kappa shape index (κ1) is 20.0. The largest absolute Gasteiger partial charge is 0.461 e. The second-order valence-corrected chi connectivity index (χ2v) is 8.42. The van der Waals surface area contributed by atoms with Gasteiger partial charge in [-0.05, 0) is 41.8 Å². The van der Waals surface area contributed by atoms with E-state index in [-0.39, 0.29) is 30.4 Å². The molecule has 6 heteroatoms. The number of fused-ring (bicyclic) bond motifs is 1. The predicted molar refractivity (Wildman–Crippen MR) is 109 cm³/mol. The minimum absolute atomic E-state index is 0.159. The molecule has 5 nitrogen and oxygen atoms in total. The zero-order chi connectivity index (χ0) is 20.0. The Labute approximate surface area is 165 Å². The quantitative estimate of drug-likeness (QED) is 0.461. The van der Waals surface area contributed by atoms with Crippen LogP contribution >= 0.6 is 0 Å². The van der Waals surface area contributed by atoms with Crippen LogP contribution in [0.15, 0.2) is 71.6 Å². The summed E-state index contributed by atoms with van der Waals surface area (Å²) >= 11 is 0. The summed E-state index contributed by atoms with van der Waals surface area (Å²) in [5, 5.41) is 1.85. The van der Waals surface area contributed by atoms with Gasteiger partial charge in [-0.3, -0.25) is 4.79 Å². The maximum atomic E-state index is 12.4. The number of hydrogen-bond acceptors (Lipinski definition) is 4. The molecule has 0 saturated carbocycles. The van der Waals surface area contributed by atoms with Crippen LogP contribution in [0.4, 0.5) is 0 Å². The molecular formula is C22H23NO4S. The van der Waals surface area contributed by atoms with Crippen molar-refractivity contribution in [3.8, 4) is 0 Å². The molecule has 0 spiro atoms. The summed E-state index contributed by atoms with van der Waals surface area (Å²) in [7, 11) is -3.61. The maximum absolute atomic E-state index is 12.4. The summed E-state index contributed by atoms with van der Waals surface area (Å²) in [5.41, 5.74) is 2.07. The van der Waals surface area contributed by atoms with Crippen molar-refractivity contribution in [2.45, 2.75) is 31.3 Å². The number of hydrogen-bond donors (Lipinski definition) is 1. The average molecular weight is 397 g/mol. The minimum atomic E-state index is -3.61. The van der Waals surface area contributed by atoms with Crippen LogP contribution in [0.25, 0.3) is 10.8 Å². The Kier molecular flexibility index (Phi) is 6.44. The highest BCUT2D eigenvalue weighted by molar-refractivity contribution is 7.89. The van der Waals surface area contributed by atoms with Crippen LogP contribution in [0, 0.1) is 6.92 Å². The van der Waals surface area contributed by atoms with Gasteiger partial charge >= 0.3 is 5.97 Å². The highest BCUT2D eigenvalue weighted by Crippen LogP contribution is 2.18. The lowest BCUT2D eigenvalue weighted by Gasteiger charge is -2.08. The molecule has 0 aromatic heterocycles. The third-order valence-electron chi connectivity index (χ3n) is 4.40. The van der Waals surface area contributed by atoms with Crippen molar-refractivity contribution >= 4 is 26.8 Å². The van der Waals surface area contributed by atoms with Crippen molar-refractivity contribution in [3.63, 3.8) is 0 Å². The van der Waals surface area contributed by atoms with Crippen LogP contribution < -0.4 is 4.72 Å². The van der Waals surface area contributed by atoms with E-state index in [9.17, 15) is 13.2 Å². The van der Waals surface area contributed by atoms with E-state index < -0.39 is 10.0 Å². The van der Waals surface area contributed by atoms with Crippen molar-refractivity contribution in [2.75, 3.05) is 6.54 Å². The van der Waals surface area contributed by atoms with E-state index in [0.717, 1.165) is 21.9 Å². The Morgan fingerprint density at radius 3 is 2.43 bits per heavy atom. The SMILES string of the molecule is Cc1ccc(COC(=O)CCCNS(=O)(=O)c2ccc3ccccc3c2)cc1. The number of esters is 1. The fourth-order valence-electron chi connectivity index (χ4n) is 2.78. The predicted octanol–water partition coefficient (Wildman–Crippen LogP) is 3.95. The standard InChI is InChI=1S/C22H23NO4S/c1-17-8-10-18(11-9-17)16-27-22(24)7-4-14-23-28(25,26)21-13-12-19-5-2-3-6-20(19)15-21/h2-3,5-6,8-13,15,23H,4,7,14,16H2,1H3. The molecule has 3 rings (SSSR count). The van der Waals surface area contributed by atoms with Crippen LogP contribution in [0.3, 0.4) is 0 Å². The van der Waals surface area contributed by atoms with E-state index >= 15 is 0 Å². The highest BCUT2D eigenvalue weighted by atomic mass is 32.2. The van der Waals surface area contributed by atoms with Gasteiger partial charge in [0.2, 0.25) is 10.0 Å². The summed E-state index contributed by atoms with van der Waals surface area (Å²) < 4.78 is 32.6. The molecule has 0 saturated heterocycles. The smallest absolute Gasteiger partial charge is 0.306 e. The highest BCUT2D eigenvalue weighted by Gasteiger charge is 2.14. The molecule has 0 amide bonds. The summed E-state index contributed by atoms with van der Waals surface area (Å²) in [6, 6.07) is 20.4. The Morgan fingerprint density at radius 1 is 0.964 bits per heavy atom. The lowest BCUT2D eigenvalue weighted by Crippen LogP contribution is -2.25. The van der Waals surface area contributed by atoms with Gasteiger partial charge < -0.3 is 4.74 Å². The number of nitrogens with one attached hydrogen (secondary N) is 1. The lowest BCUT2D eigenvalue weighted by molar-refractivity contribution is -0.145. The number of carbonyl (C=O) groups excluding carboxylic acids is 1. The van der Waals surface area contributed by atoms with Gasteiger partial charge in [0.25, 0.3) is 0 Å². The van der Waals surface area contributed by atoms with E-state index in [1.165, 1.54) is 0 Å². The van der Waals surface area contributed by atoms with E-state index in [1.54, 1.807) is 18.2 Å². The molecule has 0 atom stereocenters. The molecule has 1 N–H and O–H groups in total. The van der Waals surface area contributed by atoms with Crippen LogP contribution in [0.2, 0.25) is 0 Å². The second-order valence-electron chi connectivity index (χ2n) is 6.66. The van der Waals surface area contributed by atoms with E-state index in [0.29, 0.717) is 6.42 Å². The maximum Gasteiger partial charge on any atom is 0.306 e. The summed E-state index contributed by atoms with van der Waals surface area (Å²) in [4.78, 5) is 12.0. The van der Waals surface area contributed by atoms with Gasteiger partial charge in [0.05, 0.1) is 4.90 Å². The molecule has 28 heavy (non-hydrogen) atoms. The number of sulfonamides is 1. The van der Waals surface area contributed by atoms with Crippen LogP contribution in [0.5, 0.6) is 0 Å². The molecule has 0 radical (unpaired) electrons. The van der Waals surface area contributed by atoms with E-state index in [2.05, 4.69) is 4.72 Å². The van der Waals surface area contributed by atoms with E-state index in [4.69, 9.17) is 4.74 Å². The molecule has 3 aromatic carbocycles. The number of ether oxygens (including phenoxy) is 1. The molecular weight excluding hydrogens is 374 g/mol. The number of carbonyl (C=O) groups is 1. The minimum Gasteiger partial charge on any atom is -0.461 e. The zero-order valence-electron chi connectivity index (χ0n) is 15.7. The first-order valence-electron chi connectivity index (χ1n) is 9.14. The Hall–Kier alpha value is -2.70. The van der Waals surface area contributed by atoms with Crippen LogP contribution in [-0.4, -0.2) is 20.9 Å². The number of aryl methyl sites for hydroxylation is 1. The molecule has 146 valence electrons. The van der Waals surface area contributed by atoms with Crippen molar-refractivity contribution in [2.24, 2.45) is 0 Å². The Balaban J connectivity index is 1.45. The lowest BCUT2D eigenvalue weighted by atomic mass is 10.1. The van der Waals surface area contributed by atoms with Crippen molar-refractivity contribution in [3.05, 3.63) is 77.9 Å². The summed E-state index contributed by atoms with van der Waals surface area (Å²) in [6.07, 6.45) is 0.533. The normalized spacial score (nSPS) is 11.5. The fraction of sp³-hybridized carbons (Fsp3) is 0.227. The molecule has 0 bridgehead atoms. The topological polar surface area (TPSA) is 72.5 Å². The second kappa shape index (κ2) is 8.99. The summed E-state index contributed by atoms with van der Waals surface area (Å²) in [6.45, 7) is 2.39. The van der Waals surface area contributed by atoms with Gasteiger partial charge in [0.15, 0.2) is 0 Å². The molecule has 0 heterocycles. The van der Waals surface area contributed by atoms with Gasteiger partial charge in [-0.1, -0.05) is 60.2 Å². The van der Waals surface area contributed by atoms with Gasteiger partial charge in [-0.25, -0.2) is 13.1 Å². The molecule has 0 aliphatic rings. The first-order chi connectivity index (χ1) is 13.4. The van der Waals surface area contributed by atoms with Gasteiger partial charge in [0, 0.05) is 13.0 Å². The first-order valence-corrected chi connectivity index (χ1v) is 10.6. The Morgan fingerprint density at radius 2 is 1.68 bits per heavy atom. The number of rotatable bonds is 8. The third kappa shape index (κ3) is 5.41. The van der Waals surface area contributed by atoms with Gasteiger partial charge in [-0.15, -0.1) is 0 Å². The average Bonchev–Trinajstić information content (AvgIpc) is 2.70. The van der Waals surface area contributed by atoms with E-state index in [1.807, 2.05) is 55.5 Å². The molecule has 0 unspecified atom stereocenters. The third-order valence-corrected chi connectivity index (χ3v) is 5.86. The van der Waals surface area contributed by atoms with Crippen LogP contribution in [0.1, 0.15) is 24.0 Å². The fourth-order valence-corrected chi connectivity index (χ4v) is 3.89. The zero-order valence-corrected chi connectivity index (χ0v) is 16.5. The molecule has 3 aromatic rings. The molecule has 0 aliphatic carbocycles. The van der Waals surface area contributed by atoms with Crippen LogP contribution in [-0.2, 0) is 26.2 Å². The van der Waals surface area contributed by atoms with Crippen molar-refractivity contribution in [1.29, 1.82) is 0 Å². The van der Waals surface area contributed by atoms with Gasteiger partial charge in [0.1, 0.15) is 6.61 Å². The number of benzene rings is 3. The molecule has 0 fully saturated rings. The van der Waals surface area contributed by atoms with Crippen molar-refractivity contribution in [1.82, 2.24) is 4.72 Å². The molecule has 0 aliphatic heterocycles. The van der Waals surface area contributed by atoms with Gasteiger partial charge in [-0.2, -0.15) is 0 Å².